The molecule has 0 bridgehead atoms. The summed E-state index contributed by atoms with van der Waals surface area (Å²) in [5, 5.41) is 0.121. The summed E-state index contributed by atoms with van der Waals surface area (Å²) in [7, 11) is 0. The van der Waals surface area contributed by atoms with E-state index in [9.17, 15) is 14.4 Å². The monoisotopic (exact) mass is 264 g/mol. The molecule has 0 fully saturated rings. The molecule has 0 saturated carbocycles. The molecule has 4 heteroatoms. The van der Waals surface area contributed by atoms with Crippen LogP contribution >= 0.6 is 11.8 Å². The highest BCUT2D eigenvalue weighted by atomic mass is 32.2. The van der Waals surface area contributed by atoms with Crippen molar-refractivity contribution in [2.24, 2.45) is 0 Å². The second-order valence-corrected chi connectivity index (χ2v) is 6.09. The van der Waals surface area contributed by atoms with Gasteiger partial charge in [-0.1, -0.05) is 20.4 Å². The number of carbonyl (C=O) groups is 3. The van der Waals surface area contributed by atoms with E-state index in [-0.39, 0.29) is 27.1 Å². The van der Waals surface area contributed by atoms with Crippen molar-refractivity contribution in [2.45, 2.75) is 32.9 Å². The molecule has 0 heterocycles. The molecule has 0 unspecified atom stereocenters. The zero-order chi connectivity index (χ0) is 14.0. The summed E-state index contributed by atoms with van der Waals surface area (Å²) < 4.78 is 0. The van der Waals surface area contributed by atoms with E-state index in [2.05, 4.69) is 6.58 Å². The fourth-order valence-corrected chi connectivity index (χ4v) is 2.57. The van der Waals surface area contributed by atoms with Gasteiger partial charge in [0.25, 0.3) is 0 Å². The summed E-state index contributed by atoms with van der Waals surface area (Å²) in [6.45, 7) is 10.5. The van der Waals surface area contributed by atoms with E-state index in [4.69, 9.17) is 0 Å². The van der Waals surface area contributed by atoms with E-state index in [0.29, 0.717) is 5.57 Å². The van der Waals surface area contributed by atoms with Crippen molar-refractivity contribution in [3.63, 3.8) is 0 Å². The highest BCUT2D eigenvalue weighted by Crippen LogP contribution is 2.32. The van der Waals surface area contributed by atoms with Gasteiger partial charge in [-0.15, -0.1) is 11.8 Å². The third-order valence-electron chi connectivity index (χ3n) is 2.35. The summed E-state index contributed by atoms with van der Waals surface area (Å²) in [6.07, 6.45) is 1.23. The molecular formula is C14H16O3S. The molecule has 0 spiro atoms. The Morgan fingerprint density at radius 1 is 1.33 bits per heavy atom. The van der Waals surface area contributed by atoms with Crippen LogP contribution in [0.2, 0.25) is 0 Å². The van der Waals surface area contributed by atoms with Gasteiger partial charge in [-0.25, -0.2) is 0 Å². The molecule has 0 aliphatic heterocycles. The predicted octanol–water partition coefficient (Wildman–Crippen LogP) is 2.63. The first-order chi connectivity index (χ1) is 8.25. The van der Waals surface area contributed by atoms with Crippen LogP contribution < -0.4 is 0 Å². The molecule has 0 aromatic rings. The maximum atomic E-state index is 12.1. The third kappa shape index (κ3) is 2.88. The molecule has 0 saturated heterocycles. The van der Waals surface area contributed by atoms with Gasteiger partial charge in [0.2, 0.25) is 0 Å². The van der Waals surface area contributed by atoms with Gasteiger partial charge in [0, 0.05) is 10.8 Å². The number of hydrogen-bond acceptors (Lipinski definition) is 4. The number of Topliss-reactive ketones (excluding diaryl/α,β-unsaturated/α-hetero) is 2. The topological polar surface area (TPSA) is 51.2 Å². The second-order valence-electron chi connectivity index (χ2n) is 4.50. The lowest BCUT2D eigenvalue weighted by Crippen LogP contribution is -2.23. The number of carbonyl (C=O) groups excluding carboxylic acids is 3. The quantitative estimate of drug-likeness (QED) is 0.445. The Hall–Kier alpha value is -1.42. The third-order valence-corrected chi connectivity index (χ3v) is 3.45. The van der Waals surface area contributed by atoms with Gasteiger partial charge in [-0.2, -0.15) is 0 Å². The molecule has 1 aliphatic rings. The van der Waals surface area contributed by atoms with Gasteiger partial charge < -0.3 is 0 Å². The van der Waals surface area contributed by atoms with E-state index < -0.39 is 11.6 Å². The molecule has 1 rings (SSSR count). The maximum Gasteiger partial charge on any atom is 0.196 e. The number of rotatable bonds is 4. The molecule has 0 atom stereocenters. The minimum atomic E-state index is -0.444. The van der Waals surface area contributed by atoms with Gasteiger partial charge in [-0.05, 0) is 25.5 Å². The normalized spacial score (nSPS) is 16.2. The minimum Gasteiger partial charge on any atom is -0.289 e. The number of allylic oxidation sites excluding steroid dienone is 5. The summed E-state index contributed by atoms with van der Waals surface area (Å²) in [6, 6.07) is 0. The van der Waals surface area contributed by atoms with E-state index in [0.717, 1.165) is 0 Å². The average molecular weight is 264 g/mol. The summed E-state index contributed by atoms with van der Waals surface area (Å²) >= 11 is 1.25. The fourth-order valence-electron chi connectivity index (χ4n) is 1.52. The van der Waals surface area contributed by atoms with Crippen LogP contribution in [-0.2, 0) is 14.4 Å². The van der Waals surface area contributed by atoms with E-state index in [1.165, 1.54) is 24.8 Å². The standard InChI is InChI=1S/C14H16O3S/c1-7(2)12(16)11-10(15)6-9(5)13(17)14(11)18-8(3)4/h6,8H,1H2,2-5H3. The fraction of sp³-hybridized carbons (Fsp3) is 0.357. The van der Waals surface area contributed by atoms with Crippen LogP contribution in [0, 0.1) is 0 Å². The Balaban J connectivity index is 3.37. The molecule has 0 aromatic carbocycles. The molecular weight excluding hydrogens is 248 g/mol. The lowest BCUT2D eigenvalue weighted by molar-refractivity contribution is -0.119. The smallest absolute Gasteiger partial charge is 0.196 e. The van der Waals surface area contributed by atoms with Crippen molar-refractivity contribution in [3.05, 3.63) is 34.3 Å². The first-order valence-corrected chi connectivity index (χ1v) is 6.52. The van der Waals surface area contributed by atoms with E-state index in [1.807, 2.05) is 13.8 Å². The number of ketones is 3. The number of thioether (sulfide) groups is 1. The highest BCUT2D eigenvalue weighted by Gasteiger charge is 2.31. The Morgan fingerprint density at radius 3 is 2.33 bits per heavy atom. The zero-order valence-electron chi connectivity index (χ0n) is 11.0. The Labute approximate surface area is 111 Å². The SMILES string of the molecule is C=C(C)C(=O)C1=C(SC(C)C)C(=O)C(C)=CC1=O. The minimum absolute atomic E-state index is 0.0307. The molecule has 0 aromatic heterocycles. The summed E-state index contributed by atoms with van der Waals surface area (Å²) in [5.74, 6) is -1.08. The van der Waals surface area contributed by atoms with Gasteiger partial charge in [0.05, 0.1) is 10.5 Å². The average Bonchev–Trinajstić information content (AvgIpc) is 2.24. The van der Waals surface area contributed by atoms with Crippen molar-refractivity contribution in [3.8, 4) is 0 Å². The van der Waals surface area contributed by atoms with Crippen molar-refractivity contribution in [1.82, 2.24) is 0 Å². The largest absolute Gasteiger partial charge is 0.289 e. The van der Waals surface area contributed by atoms with Crippen LogP contribution in [0.4, 0.5) is 0 Å². The highest BCUT2D eigenvalue weighted by molar-refractivity contribution is 8.04. The van der Waals surface area contributed by atoms with Crippen molar-refractivity contribution in [2.75, 3.05) is 0 Å². The van der Waals surface area contributed by atoms with E-state index >= 15 is 0 Å². The van der Waals surface area contributed by atoms with E-state index in [1.54, 1.807) is 6.92 Å². The van der Waals surface area contributed by atoms with Gasteiger partial charge in [0.15, 0.2) is 17.3 Å². The molecule has 0 amide bonds. The molecule has 0 radical (unpaired) electrons. The van der Waals surface area contributed by atoms with Crippen LogP contribution in [0.3, 0.4) is 0 Å². The van der Waals surface area contributed by atoms with Crippen molar-refractivity contribution >= 4 is 29.1 Å². The van der Waals surface area contributed by atoms with Crippen LogP contribution in [0.1, 0.15) is 27.7 Å². The Kier molecular flexibility index (Phi) is 4.46. The predicted molar refractivity (Wildman–Crippen MR) is 73.3 cm³/mol. The lowest BCUT2D eigenvalue weighted by Gasteiger charge is -2.17. The zero-order valence-corrected chi connectivity index (χ0v) is 11.8. The Bertz CT molecular complexity index is 507. The van der Waals surface area contributed by atoms with Crippen LogP contribution in [0.5, 0.6) is 0 Å². The van der Waals surface area contributed by atoms with Gasteiger partial charge in [0.1, 0.15) is 0 Å². The van der Waals surface area contributed by atoms with Crippen molar-refractivity contribution in [1.29, 1.82) is 0 Å². The summed E-state index contributed by atoms with van der Waals surface area (Å²) in [4.78, 5) is 36.2. The summed E-state index contributed by atoms with van der Waals surface area (Å²) in [5.41, 5.74) is 0.610. The first kappa shape index (κ1) is 14.6. The maximum absolute atomic E-state index is 12.1. The molecule has 18 heavy (non-hydrogen) atoms. The van der Waals surface area contributed by atoms with Crippen LogP contribution in [0.15, 0.2) is 34.3 Å². The molecule has 3 nitrogen and oxygen atoms in total. The molecule has 1 aliphatic carbocycles. The molecule has 0 N–H and O–H groups in total. The van der Waals surface area contributed by atoms with Crippen LogP contribution in [0.25, 0.3) is 0 Å². The lowest BCUT2D eigenvalue weighted by atomic mass is 9.93. The molecule has 96 valence electrons. The van der Waals surface area contributed by atoms with Crippen LogP contribution in [-0.4, -0.2) is 22.6 Å². The number of hydrogen-bond donors (Lipinski definition) is 0. The van der Waals surface area contributed by atoms with Gasteiger partial charge >= 0.3 is 0 Å². The van der Waals surface area contributed by atoms with Gasteiger partial charge in [-0.3, -0.25) is 14.4 Å². The second kappa shape index (κ2) is 5.48. The first-order valence-electron chi connectivity index (χ1n) is 5.64. The van der Waals surface area contributed by atoms with Crippen molar-refractivity contribution < 1.29 is 14.4 Å². The Morgan fingerprint density at radius 2 is 1.89 bits per heavy atom.